The van der Waals surface area contributed by atoms with Crippen LogP contribution in [0.25, 0.3) is 10.8 Å². The lowest BCUT2D eigenvalue weighted by Gasteiger charge is -2.15. The molecule has 3 aromatic rings. The van der Waals surface area contributed by atoms with E-state index in [4.69, 9.17) is 0 Å². The minimum absolute atomic E-state index is 0.396. The molecule has 0 fully saturated rings. The molecule has 0 unspecified atom stereocenters. The lowest BCUT2D eigenvalue weighted by molar-refractivity contribution is -0.106. The first kappa shape index (κ1) is 19.7. The number of fused-ring (bicyclic) bond motifs is 2. The Kier molecular flexibility index (Phi) is 6.19. The number of nitriles is 1. The van der Waals surface area contributed by atoms with E-state index in [0.717, 1.165) is 51.8 Å². The SMILES string of the molecule is CN.N#Cc1c(N(C=O)C(=O)c2cccc3ccccc23)sc2c1CCCC2. The molecule has 5 nitrogen and oxygen atoms in total. The number of nitrogens with zero attached hydrogens (tertiary/aromatic N) is 2. The maximum atomic E-state index is 13.2. The number of anilines is 1. The summed E-state index contributed by atoms with van der Waals surface area (Å²) in [7, 11) is 1.50. The second-order valence-electron chi connectivity index (χ2n) is 6.31. The highest BCUT2D eigenvalue weighted by Gasteiger charge is 2.28. The van der Waals surface area contributed by atoms with Crippen LogP contribution in [0.5, 0.6) is 0 Å². The van der Waals surface area contributed by atoms with E-state index >= 15 is 0 Å². The molecule has 6 heteroatoms. The van der Waals surface area contributed by atoms with Crippen molar-refractivity contribution in [1.29, 1.82) is 5.26 Å². The quantitative estimate of drug-likeness (QED) is 0.683. The number of benzene rings is 2. The Morgan fingerprint density at radius 3 is 2.61 bits per heavy atom. The van der Waals surface area contributed by atoms with Gasteiger partial charge in [-0.15, -0.1) is 11.3 Å². The molecule has 1 aromatic heterocycles. The van der Waals surface area contributed by atoms with Gasteiger partial charge in [0.1, 0.15) is 11.1 Å². The topological polar surface area (TPSA) is 87.2 Å². The van der Waals surface area contributed by atoms with Crippen molar-refractivity contribution in [1.82, 2.24) is 0 Å². The highest BCUT2D eigenvalue weighted by atomic mass is 32.1. The van der Waals surface area contributed by atoms with Crippen molar-refractivity contribution in [3.63, 3.8) is 0 Å². The van der Waals surface area contributed by atoms with Gasteiger partial charge in [-0.1, -0.05) is 36.4 Å². The molecule has 1 aliphatic carbocycles. The summed E-state index contributed by atoms with van der Waals surface area (Å²) in [5.41, 5.74) is 6.45. The molecule has 2 amide bonds. The lowest BCUT2D eigenvalue weighted by atomic mass is 9.96. The number of amides is 2. The predicted octanol–water partition coefficient (Wildman–Crippen LogP) is 4.03. The van der Waals surface area contributed by atoms with Crippen molar-refractivity contribution in [2.75, 3.05) is 11.9 Å². The number of thiophene rings is 1. The molecule has 0 saturated heterocycles. The monoisotopic (exact) mass is 391 g/mol. The number of aryl methyl sites for hydroxylation is 1. The second kappa shape index (κ2) is 8.79. The summed E-state index contributed by atoms with van der Waals surface area (Å²) in [6.07, 6.45) is 4.39. The number of carbonyl (C=O) groups excluding carboxylic acids is 2. The molecule has 0 aliphatic heterocycles. The average molecular weight is 391 g/mol. The number of rotatable bonds is 3. The number of hydrogen-bond acceptors (Lipinski definition) is 5. The van der Waals surface area contributed by atoms with Gasteiger partial charge in [0, 0.05) is 10.4 Å². The Bertz CT molecular complexity index is 1060. The minimum atomic E-state index is -0.396. The number of imide groups is 1. The van der Waals surface area contributed by atoms with Crippen LogP contribution in [0, 0.1) is 11.3 Å². The molecule has 4 rings (SSSR count). The minimum Gasteiger partial charge on any atom is -0.333 e. The van der Waals surface area contributed by atoms with Gasteiger partial charge in [0.05, 0.1) is 5.56 Å². The van der Waals surface area contributed by atoms with E-state index in [1.807, 2.05) is 36.4 Å². The Hall–Kier alpha value is -3.01. The fraction of sp³-hybridized carbons (Fsp3) is 0.227. The molecule has 0 atom stereocenters. The Labute approximate surface area is 168 Å². The van der Waals surface area contributed by atoms with E-state index in [-0.39, 0.29) is 0 Å². The summed E-state index contributed by atoms with van der Waals surface area (Å²) >= 11 is 1.40. The third kappa shape index (κ3) is 3.42. The third-order valence-corrected chi connectivity index (χ3v) is 6.12. The molecule has 1 aliphatic rings. The number of nitrogens with two attached hydrogens (primary N) is 1. The average Bonchev–Trinajstić information content (AvgIpc) is 3.13. The highest BCUT2D eigenvalue weighted by molar-refractivity contribution is 7.17. The van der Waals surface area contributed by atoms with Crippen molar-refractivity contribution < 1.29 is 9.59 Å². The Balaban J connectivity index is 0.00000109. The molecular formula is C22H21N3O2S. The molecule has 0 spiro atoms. The van der Waals surface area contributed by atoms with Crippen molar-refractivity contribution in [3.05, 3.63) is 64.0 Å². The summed E-state index contributed by atoms with van der Waals surface area (Å²) in [6.45, 7) is 0. The maximum Gasteiger partial charge on any atom is 0.266 e. The summed E-state index contributed by atoms with van der Waals surface area (Å²) in [4.78, 5) is 27.2. The fourth-order valence-electron chi connectivity index (χ4n) is 3.57. The summed E-state index contributed by atoms with van der Waals surface area (Å²) in [6, 6.07) is 15.3. The van der Waals surface area contributed by atoms with Gasteiger partial charge < -0.3 is 5.73 Å². The Morgan fingerprint density at radius 2 is 1.86 bits per heavy atom. The van der Waals surface area contributed by atoms with Crippen LogP contribution in [0.1, 0.15) is 39.2 Å². The third-order valence-electron chi connectivity index (χ3n) is 4.83. The van der Waals surface area contributed by atoms with Crippen LogP contribution in [0.3, 0.4) is 0 Å². The van der Waals surface area contributed by atoms with Crippen LogP contribution < -0.4 is 10.6 Å². The summed E-state index contributed by atoms with van der Waals surface area (Å²) < 4.78 is 0. The van der Waals surface area contributed by atoms with Crippen molar-refractivity contribution >= 4 is 39.4 Å². The Morgan fingerprint density at radius 1 is 1.14 bits per heavy atom. The molecule has 2 aromatic carbocycles. The summed E-state index contributed by atoms with van der Waals surface area (Å²) in [5.74, 6) is -0.396. The normalized spacial score (nSPS) is 12.3. The van der Waals surface area contributed by atoms with Gasteiger partial charge in [0.25, 0.3) is 5.91 Å². The van der Waals surface area contributed by atoms with Crippen LogP contribution in [0.2, 0.25) is 0 Å². The predicted molar refractivity (Wildman–Crippen MR) is 113 cm³/mol. The van der Waals surface area contributed by atoms with Gasteiger partial charge in [0.2, 0.25) is 6.41 Å². The van der Waals surface area contributed by atoms with Crippen LogP contribution in [-0.4, -0.2) is 19.4 Å². The number of carbonyl (C=O) groups is 2. The van der Waals surface area contributed by atoms with Gasteiger partial charge >= 0.3 is 0 Å². The summed E-state index contributed by atoms with van der Waals surface area (Å²) in [5, 5.41) is 11.8. The first-order valence-electron chi connectivity index (χ1n) is 9.13. The van der Waals surface area contributed by atoms with Crippen LogP contribution in [-0.2, 0) is 17.6 Å². The molecule has 142 valence electrons. The zero-order valence-electron chi connectivity index (χ0n) is 15.6. The first-order valence-corrected chi connectivity index (χ1v) is 9.95. The van der Waals surface area contributed by atoms with E-state index in [9.17, 15) is 14.9 Å². The first-order chi connectivity index (χ1) is 13.7. The van der Waals surface area contributed by atoms with E-state index < -0.39 is 5.91 Å². The van der Waals surface area contributed by atoms with Gasteiger partial charge in [-0.2, -0.15) is 5.26 Å². The van der Waals surface area contributed by atoms with Gasteiger partial charge in [-0.05, 0) is 55.1 Å². The van der Waals surface area contributed by atoms with Gasteiger partial charge in [-0.3, -0.25) is 9.59 Å². The molecule has 28 heavy (non-hydrogen) atoms. The van der Waals surface area contributed by atoms with Crippen molar-refractivity contribution in [3.8, 4) is 6.07 Å². The van der Waals surface area contributed by atoms with Gasteiger partial charge in [-0.25, -0.2) is 4.90 Å². The standard InChI is InChI=1S/C21H16N2O2S.CH5N/c22-12-18-16-9-3-4-11-19(16)26-21(18)23(13-24)20(25)17-10-5-7-14-6-1-2-8-15(14)17;1-2/h1-2,5-8,10,13H,3-4,9,11H2;2H2,1H3. The smallest absolute Gasteiger partial charge is 0.266 e. The molecule has 2 N–H and O–H groups in total. The molecule has 1 heterocycles. The molecule has 0 radical (unpaired) electrons. The molecule has 0 bridgehead atoms. The van der Waals surface area contributed by atoms with Crippen molar-refractivity contribution in [2.45, 2.75) is 25.7 Å². The zero-order valence-corrected chi connectivity index (χ0v) is 16.5. The number of hydrogen-bond donors (Lipinski definition) is 1. The molecule has 0 saturated carbocycles. The molecular weight excluding hydrogens is 370 g/mol. The van der Waals surface area contributed by atoms with Crippen molar-refractivity contribution in [2.24, 2.45) is 5.73 Å². The van der Waals surface area contributed by atoms with E-state index in [1.54, 1.807) is 6.07 Å². The van der Waals surface area contributed by atoms with Crippen LogP contribution >= 0.6 is 11.3 Å². The maximum absolute atomic E-state index is 13.2. The van der Waals surface area contributed by atoms with Crippen LogP contribution in [0.4, 0.5) is 5.00 Å². The van der Waals surface area contributed by atoms with E-state index in [2.05, 4.69) is 11.8 Å². The van der Waals surface area contributed by atoms with E-state index in [1.165, 1.54) is 18.4 Å². The van der Waals surface area contributed by atoms with E-state index in [0.29, 0.717) is 22.5 Å². The lowest BCUT2D eigenvalue weighted by Crippen LogP contribution is -2.29. The zero-order chi connectivity index (χ0) is 20.1. The second-order valence-corrected chi connectivity index (χ2v) is 7.39. The largest absolute Gasteiger partial charge is 0.333 e. The fourth-order valence-corrected chi connectivity index (χ4v) is 4.87. The van der Waals surface area contributed by atoms with Gasteiger partial charge in [0.15, 0.2) is 0 Å². The highest BCUT2D eigenvalue weighted by Crippen LogP contribution is 2.40. The van der Waals surface area contributed by atoms with Crippen LogP contribution in [0.15, 0.2) is 42.5 Å².